The van der Waals surface area contributed by atoms with Crippen LogP contribution < -0.4 is 9.47 Å². The summed E-state index contributed by atoms with van der Waals surface area (Å²) < 4.78 is 45.7. The van der Waals surface area contributed by atoms with Gasteiger partial charge in [-0.15, -0.1) is 0 Å². The molecule has 1 fully saturated rings. The largest absolute Gasteiger partial charge is 0.493 e. The van der Waals surface area contributed by atoms with E-state index in [1.54, 1.807) is 24.1 Å². The van der Waals surface area contributed by atoms with Crippen LogP contribution >= 0.6 is 0 Å². The van der Waals surface area contributed by atoms with Crippen LogP contribution in [0.25, 0.3) is 11.3 Å². The lowest BCUT2D eigenvalue weighted by atomic mass is 10.1. The van der Waals surface area contributed by atoms with E-state index in [9.17, 15) is 8.78 Å². The fourth-order valence-corrected chi connectivity index (χ4v) is 3.16. The second-order valence-electron chi connectivity index (χ2n) is 6.54. The van der Waals surface area contributed by atoms with Crippen LogP contribution in [0.2, 0.25) is 0 Å². The molecule has 28 heavy (non-hydrogen) atoms. The Labute approximate surface area is 161 Å². The minimum atomic E-state index is -0.865. The van der Waals surface area contributed by atoms with Crippen LogP contribution in [0.15, 0.2) is 48.7 Å². The summed E-state index contributed by atoms with van der Waals surface area (Å²) in [5.41, 5.74) is 1.76. The molecule has 1 atom stereocenters. The molecule has 2 aromatic carbocycles. The third-order valence-electron chi connectivity index (χ3n) is 4.61. The first-order valence-electron chi connectivity index (χ1n) is 9.07. The second-order valence-corrected chi connectivity index (χ2v) is 6.54. The fourth-order valence-electron chi connectivity index (χ4n) is 3.16. The number of rotatable bonds is 6. The summed E-state index contributed by atoms with van der Waals surface area (Å²) in [5.74, 6) is -0.523. The highest BCUT2D eigenvalue weighted by molar-refractivity contribution is 5.63. The van der Waals surface area contributed by atoms with Crippen molar-refractivity contribution in [3.8, 4) is 22.8 Å². The van der Waals surface area contributed by atoms with E-state index in [1.165, 1.54) is 6.07 Å². The third kappa shape index (κ3) is 3.84. The summed E-state index contributed by atoms with van der Waals surface area (Å²) in [4.78, 5) is 0. The average Bonchev–Trinajstić information content (AvgIpc) is 3.38. The van der Waals surface area contributed by atoms with E-state index in [1.807, 2.05) is 24.3 Å². The molecule has 1 aliphatic heterocycles. The summed E-state index contributed by atoms with van der Waals surface area (Å²) in [6, 6.07) is 11.5. The number of methoxy groups -OCH3 is 1. The molecule has 0 bridgehead atoms. The highest BCUT2D eigenvalue weighted by Crippen LogP contribution is 2.34. The Morgan fingerprint density at radius 1 is 1.18 bits per heavy atom. The third-order valence-corrected chi connectivity index (χ3v) is 4.61. The molecular weight excluding hydrogens is 366 g/mol. The van der Waals surface area contributed by atoms with Crippen LogP contribution in [0.3, 0.4) is 0 Å². The van der Waals surface area contributed by atoms with Gasteiger partial charge in [0.15, 0.2) is 29.4 Å². The van der Waals surface area contributed by atoms with Gasteiger partial charge >= 0.3 is 0 Å². The van der Waals surface area contributed by atoms with Crippen molar-refractivity contribution in [2.45, 2.75) is 25.7 Å². The lowest BCUT2D eigenvalue weighted by Gasteiger charge is -2.16. The Morgan fingerprint density at radius 3 is 2.86 bits per heavy atom. The van der Waals surface area contributed by atoms with Gasteiger partial charge < -0.3 is 14.2 Å². The zero-order valence-electron chi connectivity index (χ0n) is 15.4. The van der Waals surface area contributed by atoms with Crippen molar-refractivity contribution < 1.29 is 23.0 Å². The van der Waals surface area contributed by atoms with Crippen LogP contribution in [-0.2, 0) is 11.3 Å². The number of nitrogens with zero attached hydrogens (tertiary/aromatic N) is 2. The van der Waals surface area contributed by atoms with Crippen LogP contribution in [0.4, 0.5) is 8.78 Å². The number of benzene rings is 2. The first-order valence-corrected chi connectivity index (χ1v) is 9.07. The maximum absolute atomic E-state index is 13.9. The average molecular weight is 386 g/mol. The molecule has 0 radical (unpaired) electrons. The molecule has 3 aromatic rings. The zero-order valence-corrected chi connectivity index (χ0v) is 15.4. The van der Waals surface area contributed by atoms with Crippen molar-refractivity contribution in [2.75, 3.05) is 13.7 Å². The van der Waals surface area contributed by atoms with Gasteiger partial charge in [-0.25, -0.2) is 8.78 Å². The molecule has 0 spiro atoms. The predicted molar refractivity (Wildman–Crippen MR) is 99.3 cm³/mol. The van der Waals surface area contributed by atoms with E-state index in [0.717, 1.165) is 24.5 Å². The van der Waals surface area contributed by atoms with Gasteiger partial charge in [0.05, 0.1) is 26.0 Å². The molecule has 0 amide bonds. The van der Waals surface area contributed by atoms with E-state index >= 15 is 0 Å². The first-order chi connectivity index (χ1) is 13.6. The van der Waals surface area contributed by atoms with Gasteiger partial charge in [-0.05, 0) is 36.8 Å². The van der Waals surface area contributed by atoms with Gasteiger partial charge in [0.25, 0.3) is 0 Å². The van der Waals surface area contributed by atoms with Crippen LogP contribution in [0.5, 0.6) is 11.5 Å². The Hall–Kier alpha value is -2.93. The SMILES string of the molecule is COc1ccc(-c2ccn(Cc3cccc(F)c3F)n2)cc1OC1CCCO1. The highest BCUT2D eigenvalue weighted by Gasteiger charge is 2.19. The van der Waals surface area contributed by atoms with Gasteiger partial charge in [-0.2, -0.15) is 5.10 Å². The van der Waals surface area contributed by atoms with Crippen molar-refractivity contribution in [1.29, 1.82) is 0 Å². The predicted octanol–water partition coefficient (Wildman–Crippen LogP) is 4.40. The van der Waals surface area contributed by atoms with Crippen LogP contribution in [0.1, 0.15) is 18.4 Å². The Morgan fingerprint density at radius 2 is 2.07 bits per heavy atom. The summed E-state index contributed by atoms with van der Waals surface area (Å²) in [6.45, 7) is 0.826. The normalized spacial score (nSPS) is 16.3. The molecule has 5 nitrogen and oxygen atoms in total. The van der Waals surface area contributed by atoms with Gasteiger partial charge in [-0.1, -0.05) is 12.1 Å². The van der Waals surface area contributed by atoms with E-state index < -0.39 is 11.6 Å². The van der Waals surface area contributed by atoms with E-state index in [0.29, 0.717) is 23.8 Å². The van der Waals surface area contributed by atoms with Gasteiger partial charge in [0, 0.05) is 23.7 Å². The molecule has 1 aromatic heterocycles. The molecule has 0 saturated carbocycles. The topological polar surface area (TPSA) is 45.5 Å². The fraction of sp³-hybridized carbons (Fsp3) is 0.286. The van der Waals surface area contributed by atoms with Crippen molar-refractivity contribution >= 4 is 0 Å². The van der Waals surface area contributed by atoms with E-state index in [2.05, 4.69) is 5.10 Å². The monoisotopic (exact) mass is 386 g/mol. The Balaban J connectivity index is 1.56. The molecule has 0 aliphatic carbocycles. The number of ether oxygens (including phenoxy) is 3. The molecule has 7 heteroatoms. The number of hydrogen-bond acceptors (Lipinski definition) is 4. The lowest BCUT2D eigenvalue weighted by molar-refractivity contribution is -0.0402. The van der Waals surface area contributed by atoms with Crippen molar-refractivity contribution in [3.63, 3.8) is 0 Å². The second kappa shape index (κ2) is 7.98. The number of halogens is 2. The molecule has 4 rings (SSSR count). The van der Waals surface area contributed by atoms with Crippen molar-refractivity contribution in [2.24, 2.45) is 0 Å². The molecule has 1 saturated heterocycles. The smallest absolute Gasteiger partial charge is 0.200 e. The lowest BCUT2D eigenvalue weighted by Crippen LogP contribution is -2.14. The van der Waals surface area contributed by atoms with Crippen molar-refractivity contribution in [3.05, 3.63) is 65.9 Å². The highest BCUT2D eigenvalue weighted by atomic mass is 19.2. The van der Waals surface area contributed by atoms with Gasteiger partial charge in [0.1, 0.15) is 0 Å². The molecular formula is C21H20F2N2O3. The summed E-state index contributed by atoms with van der Waals surface area (Å²) in [7, 11) is 1.58. The van der Waals surface area contributed by atoms with Gasteiger partial charge in [-0.3, -0.25) is 4.68 Å². The molecule has 2 heterocycles. The quantitative estimate of drug-likeness (QED) is 0.630. The molecule has 0 N–H and O–H groups in total. The minimum Gasteiger partial charge on any atom is -0.493 e. The van der Waals surface area contributed by atoms with Gasteiger partial charge in [0.2, 0.25) is 0 Å². The minimum absolute atomic E-state index is 0.138. The summed E-state index contributed by atoms with van der Waals surface area (Å²) in [5, 5.41) is 4.47. The van der Waals surface area contributed by atoms with Crippen LogP contribution in [0, 0.1) is 11.6 Å². The van der Waals surface area contributed by atoms with E-state index in [-0.39, 0.29) is 18.4 Å². The molecule has 146 valence electrons. The Bertz CT molecular complexity index is 968. The van der Waals surface area contributed by atoms with Crippen LogP contribution in [-0.4, -0.2) is 29.8 Å². The maximum atomic E-state index is 13.9. The summed E-state index contributed by atoms with van der Waals surface area (Å²) >= 11 is 0. The van der Waals surface area contributed by atoms with Crippen molar-refractivity contribution in [1.82, 2.24) is 9.78 Å². The standard InChI is InChI=1S/C21H20F2N2O3/c1-26-18-8-7-14(12-19(18)28-20-6-3-11-27-20)17-9-10-25(24-17)13-15-4-2-5-16(22)21(15)23/h2,4-5,7-10,12,20H,3,6,11,13H2,1H3. The molecule has 1 unspecified atom stereocenters. The first kappa shape index (κ1) is 18.4. The summed E-state index contributed by atoms with van der Waals surface area (Å²) in [6.07, 6.45) is 3.25. The Kier molecular flexibility index (Phi) is 5.25. The maximum Gasteiger partial charge on any atom is 0.200 e. The van der Waals surface area contributed by atoms with E-state index in [4.69, 9.17) is 14.2 Å². The number of hydrogen-bond donors (Lipinski definition) is 0. The molecule has 1 aliphatic rings. The zero-order chi connectivity index (χ0) is 19.5. The number of aromatic nitrogens is 2.